The molecule has 0 saturated heterocycles. The number of carbonyl (C=O) groups is 2. The molecule has 0 amide bonds. The van der Waals surface area contributed by atoms with Crippen LogP contribution >= 0.6 is 12.2 Å². The van der Waals surface area contributed by atoms with Gasteiger partial charge in [0.25, 0.3) is 0 Å². The molecule has 0 radical (unpaired) electrons. The summed E-state index contributed by atoms with van der Waals surface area (Å²) in [7, 11) is 0. The van der Waals surface area contributed by atoms with Gasteiger partial charge in [0.05, 0.1) is 6.04 Å². The second-order valence-corrected chi connectivity index (χ2v) is 4.43. The Kier molecular flexibility index (Phi) is 4.74. The second kappa shape index (κ2) is 5.87. The molecule has 0 aromatic rings. The van der Waals surface area contributed by atoms with Crippen LogP contribution in [0.5, 0.6) is 0 Å². The fraction of sp³-hybridized carbons (Fsp3) is 0.600. The van der Waals surface area contributed by atoms with Crippen molar-refractivity contribution in [2.45, 2.75) is 25.9 Å². The van der Waals surface area contributed by atoms with E-state index in [1.165, 1.54) is 6.92 Å². The molecule has 0 aromatic carbocycles. The van der Waals surface area contributed by atoms with Crippen LogP contribution in [0.2, 0.25) is 0 Å². The predicted molar refractivity (Wildman–Crippen MR) is 68.4 cm³/mol. The number of nitrogens with one attached hydrogen (secondary N) is 1. The van der Waals surface area contributed by atoms with Crippen molar-refractivity contribution in [2.75, 3.05) is 6.61 Å². The summed E-state index contributed by atoms with van der Waals surface area (Å²) in [5.74, 6) is -2.52. The quantitative estimate of drug-likeness (QED) is 0.458. The number of nitrogens with zero attached hydrogens (tertiary/aromatic N) is 1. The van der Waals surface area contributed by atoms with Crippen LogP contribution in [0.25, 0.3) is 0 Å². The van der Waals surface area contributed by atoms with Gasteiger partial charge in [0.15, 0.2) is 5.11 Å². The van der Waals surface area contributed by atoms with Crippen molar-refractivity contribution in [3.05, 3.63) is 0 Å². The molecule has 1 rings (SSSR count). The van der Waals surface area contributed by atoms with Gasteiger partial charge in [-0.05, 0) is 26.1 Å². The van der Waals surface area contributed by atoms with Crippen LogP contribution in [0.1, 0.15) is 13.8 Å². The van der Waals surface area contributed by atoms with Gasteiger partial charge in [-0.2, -0.15) is 0 Å². The molecule has 100 valence electrons. The third kappa shape index (κ3) is 3.47. The fourth-order valence-corrected chi connectivity index (χ4v) is 1.88. The van der Waals surface area contributed by atoms with E-state index >= 15 is 0 Å². The maximum atomic E-state index is 11.2. The van der Waals surface area contributed by atoms with Gasteiger partial charge >= 0.3 is 11.9 Å². The van der Waals surface area contributed by atoms with Crippen LogP contribution in [0.4, 0.5) is 0 Å². The lowest BCUT2D eigenvalue weighted by molar-refractivity contribution is -0.148. The fourth-order valence-electron chi connectivity index (χ4n) is 1.59. The van der Waals surface area contributed by atoms with Gasteiger partial charge in [-0.25, -0.2) is 4.99 Å². The zero-order valence-electron chi connectivity index (χ0n) is 10.0. The summed E-state index contributed by atoms with van der Waals surface area (Å²) in [4.78, 5) is 26.3. The molecule has 0 saturated carbocycles. The van der Waals surface area contributed by atoms with E-state index in [-0.39, 0.29) is 11.7 Å². The highest BCUT2D eigenvalue weighted by Gasteiger charge is 2.35. The van der Waals surface area contributed by atoms with E-state index in [2.05, 4.69) is 10.3 Å². The van der Waals surface area contributed by atoms with Crippen LogP contribution in [-0.2, 0) is 14.3 Å². The van der Waals surface area contributed by atoms with E-state index in [0.717, 1.165) is 0 Å². The standard InChI is InChI=1S/C10H15N3O4S/c1-4(11)9(16)17-3-6-7(8(14)15)5(2)12-10(18)13-6/h4,6-7H,3,11H2,1-2H3,(H,13,18)(H,14,15). The van der Waals surface area contributed by atoms with Gasteiger partial charge in [0.1, 0.15) is 18.6 Å². The summed E-state index contributed by atoms with van der Waals surface area (Å²) >= 11 is 4.87. The SMILES string of the molecule is CC1=NC(=S)NC(COC(=O)C(C)N)C1C(=O)O. The third-order valence-electron chi connectivity index (χ3n) is 2.48. The highest BCUT2D eigenvalue weighted by molar-refractivity contribution is 7.80. The molecule has 0 bridgehead atoms. The first-order valence-corrected chi connectivity index (χ1v) is 5.74. The average molecular weight is 273 g/mol. The van der Waals surface area contributed by atoms with Gasteiger partial charge in [-0.1, -0.05) is 0 Å². The Labute approximate surface area is 109 Å². The van der Waals surface area contributed by atoms with Crippen LogP contribution in [0, 0.1) is 5.92 Å². The number of thiocarbonyl (C=S) groups is 1. The molecule has 1 aliphatic rings. The van der Waals surface area contributed by atoms with Crippen molar-refractivity contribution < 1.29 is 19.4 Å². The summed E-state index contributed by atoms with van der Waals surface area (Å²) in [6, 6.07) is -1.38. The van der Waals surface area contributed by atoms with Gasteiger partial charge in [0, 0.05) is 5.71 Å². The number of rotatable bonds is 4. The Morgan fingerprint density at radius 2 is 2.28 bits per heavy atom. The predicted octanol–water partition coefficient (Wildman–Crippen LogP) is -0.705. The highest BCUT2D eigenvalue weighted by atomic mass is 32.1. The molecular weight excluding hydrogens is 258 g/mol. The topological polar surface area (TPSA) is 114 Å². The first-order valence-electron chi connectivity index (χ1n) is 5.33. The second-order valence-electron chi connectivity index (χ2n) is 4.04. The zero-order valence-corrected chi connectivity index (χ0v) is 10.9. The Balaban J connectivity index is 2.74. The smallest absolute Gasteiger partial charge is 0.322 e. The molecule has 0 aliphatic carbocycles. The number of hydrogen-bond donors (Lipinski definition) is 3. The minimum Gasteiger partial charge on any atom is -0.481 e. The third-order valence-corrected chi connectivity index (χ3v) is 2.69. The van der Waals surface area contributed by atoms with Crippen molar-refractivity contribution in [3.8, 4) is 0 Å². The minimum atomic E-state index is -1.05. The lowest BCUT2D eigenvalue weighted by Crippen LogP contribution is -2.52. The number of carboxylic acids is 1. The number of carboxylic acid groups (broad SMARTS) is 1. The summed E-state index contributed by atoms with van der Waals surface area (Å²) < 4.78 is 4.92. The van der Waals surface area contributed by atoms with E-state index < -0.39 is 29.9 Å². The van der Waals surface area contributed by atoms with Crippen molar-refractivity contribution in [1.29, 1.82) is 0 Å². The van der Waals surface area contributed by atoms with E-state index in [1.54, 1.807) is 6.92 Å². The van der Waals surface area contributed by atoms with E-state index in [9.17, 15) is 9.59 Å². The summed E-state index contributed by atoms with van der Waals surface area (Å²) in [5, 5.41) is 12.0. The molecule has 0 spiro atoms. The van der Waals surface area contributed by atoms with Crippen molar-refractivity contribution in [2.24, 2.45) is 16.6 Å². The number of esters is 1. The molecule has 8 heteroatoms. The Morgan fingerprint density at radius 1 is 1.67 bits per heavy atom. The van der Waals surface area contributed by atoms with Gasteiger partial charge in [0.2, 0.25) is 0 Å². The molecule has 1 heterocycles. The number of hydrogen-bond acceptors (Lipinski definition) is 5. The molecule has 1 aliphatic heterocycles. The van der Waals surface area contributed by atoms with Crippen LogP contribution in [-0.4, -0.2) is 46.6 Å². The zero-order chi connectivity index (χ0) is 13.9. The molecule has 18 heavy (non-hydrogen) atoms. The monoisotopic (exact) mass is 273 g/mol. The molecule has 0 fully saturated rings. The first-order chi connectivity index (χ1) is 8.32. The van der Waals surface area contributed by atoms with Gasteiger partial charge in [-0.3, -0.25) is 9.59 Å². The largest absolute Gasteiger partial charge is 0.481 e. The Bertz CT molecular complexity index is 408. The maximum absolute atomic E-state index is 11.2. The molecule has 7 nitrogen and oxygen atoms in total. The summed E-state index contributed by atoms with van der Waals surface area (Å²) in [5.41, 5.74) is 5.72. The number of ether oxygens (including phenoxy) is 1. The lowest BCUT2D eigenvalue weighted by atomic mass is 9.94. The van der Waals surface area contributed by atoms with Crippen molar-refractivity contribution in [3.63, 3.8) is 0 Å². The minimum absolute atomic E-state index is 0.121. The van der Waals surface area contributed by atoms with Crippen LogP contribution in [0.3, 0.4) is 0 Å². The summed E-state index contributed by atoms with van der Waals surface area (Å²) in [6.07, 6.45) is 0. The molecule has 4 N–H and O–H groups in total. The number of aliphatic carboxylic acids is 1. The normalized spacial score (nSPS) is 24.8. The maximum Gasteiger partial charge on any atom is 0.322 e. The molecular formula is C10H15N3O4S. The van der Waals surface area contributed by atoms with Gasteiger partial charge < -0.3 is 20.9 Å². The van der Waals surface area contributed by atoms with Crippen molar-refractivity contribution >= 4 is 35.0 Å². The molecule has 3 unspecified atom stereocenters. The molecule has 0 aromatic heterocycles. The van der Waals surface area contributed by atoms with E-state index in [0.29, 0.717) is 5.71 Å². The summed E-state index contributed by atoms with van der Waals surface area (Å²) in [6.45, 7) is 2.94. The van der Waals surface area contributed by atoms with Crippen LogP contribution < -0.4 is 11.1 Å². The average Bonchev–Trinajstić information content (AvgIpc) is 2.23. The van der Waals surface area contributed by atoms with Crippen molar-refractivity contribution in [1.82, 2.24) is 5.32 Å². The number of carbonyl (C=O) groups excluding carboxylic acids is 1. The first kappa shape index (κ1) is 14.5. The van der Waals surface area contributed by atoms with E-state index in [4.69, 9.17) is 27.8 Å². The van der Waals surface area contributed by atoms with E-state index in [1.807, 2.05) is 0 Å². The van der Waals surface area contributed by atoms with Gasteiger partial charge in [-0.15, -0.1) is 0 Å². The number of aliphatic imine (C=N–C) groups is 1. The highest BCUT2D eigenvalue weighted by Crippen LogP contribution is 2.13. The van der Waals surface area contributed by atoms with Crippen LogP contribution in [0.15, 0.2) is 4.99 Å². The lowest BCUT2D eigenvalue weighted by Gasteiger charge is -2.29. The Hall–Kier alpha value is -1.54. The number of nitrogens with two attached hydrogens (primary N) is 1. The molecule has 3 atom stereocenters. The Morgan fingerprint density at radius 3 is 2.78 bits per heavy atom.